The van der Waals surface area contributed by atoms with E-state index in [1.807, 2.05) is 0 Å². The van der Waals surface area contributed by atoms with E-state index in [4.69, 9.17) is 5.11 Å². The lowest BCUT2D eigenvalue weighted by Crippen LogP contribution is -2.12. The maximum absolute atomic E-state index is 12.8. The van der Waals surface area contributed by atoms with Crippen LogP contribution >= 0.6 is 0 Å². The van der Waals surface area contributed by atoms with Crippen LogP contribution in [0.3, 0.4) is 0 Å². The topological polar surface area (TPSA) is 55.1 Å². The first-order chi connectivity index (χ1) is 8.29. The Labute approximate surface area is 99.6 Å². The SMILES string of the molecule is Cn1nc2ccc(CC(=O)O)cc2c1C(F)(F)F. The Morgan fingerprint density at radius 3 is 2.67 bits per heavy atom. The van der Waals surface area contributed by atoms with Gasteiger partial charge in [-0.05, 0) is 17.7 Å². The lowest BCUT2D eigenvalue weighted by molar-refractivity contribution is -0.142. The number of rotatable bonds is 2. The first kappa shape index (κ1) is 12.4. The van der Waals surface area contributed by atoms with Crippen LogP contribution in [0.4, 0.5) is 13.2 Å². The molecule has 0 unspecified atom stereocenters. The van der Waals surface area contributed by atoms with E-state index in [-0.39, 0.29) is 17.3 Å². The average Bonchev–Trinajstić information content (AvgIpc) is 2.51. The van der Waals surface area contributed by atoms with E-state index in [1.165, 1.54) is 25.2 Å². The van der Waals surface area contributed by atoms with Gasteiger partial charge in [-0.15, -0.1) is 0 Å². The second kappa shape index (κ2) is 4.01. The molecular formula is C11H9F3N2O2. The third kappa shape index (κ3) is 2.15. The summed E-state index contributed by atoms with van der Waals surface area (Å²) in [6.07, 6.45) is -4.84. The monoisotopic (exact) mass is 258 g/mol. The van der Waals surface area contributed by atoms with Crippen molar-refractivity contribution in [2.75, 3.05) is 0 Å². The molecule has 1 heterocycles. The normalized spacial score (nSPS) is 12.0. The number of carboxylic acids is 1. The summed E-state index contributed by atoms with van der Waals surface area (Å²) in [4.78, 5) is 10.5. The third-order valence-corrected chi connectivity index (χ3v) is 2.52. The second-order valence-electron chi connectivity index (χ2n) is 3.89. The zero-order chi connectivity index (χ0) is 13.5. The van der Waals surface area contributed by atoms with Crippen molar-refractivity contribution in [3.63, 3.8) is 0 Å². The molecule has 0 aliphatic heterocycles. The van der Waals surface area contributed by atoms with Gasteiger partial charge in [0.2, 0.25) is 0 Å². The molecule has 0 aliphatic carbocycles. The minimum Gasteiger partial charge on any atom is -0.481 e. The summed E-state index contributed by atoms with van der Waals surface area (Å²) in [5.41, 5.74) is -0.364. The van der Waals surface area contributed by atoms with Gasteiger partial charge in [0.1, 0.15) is 5.69 Å². The zero-order valence-corrected chi connectivity index (χ0v) is 9.32. The molecule has 96 valence electrons. The van der Waals surface area contributed by atoms with Crippen molar-refractivity contribution in [1.29, 1.82) is 0 Å². The van der Waals surface area contributed by atoms with Crippen molar-refractivity contribution in [1.82, 2.24) is 9.78 Å². The molecule has 0 saturated heterocycles. The Balaban J connectivity index is 2.63. The fraction of sp³-hybridized carbons (Fsp3) is 0.273. The molecule has 0 atom stereocenters. The lowest BCUT2D eigenvalue weighted by atomic mass is 10.1. The van der Waals surface area contributed by atoms with Crippen LogP contribution in [0, 0.1) is 0 Å². The van der Waals surface area contributed by atoms with Gasteiger partial charge >= 0.3 is 12.1 Å². The predicted octanol–water partition coefficient (Wildman–Crippen LogP) is 2.22. The minimum absolute atomic E-state index is 0.0799. The van der Waals surface area contributed by atoms with Gasteiger partial charge in [-0.3, -0.25) is 9.48 Å². The number of alkyl halides is 3. The highest BCUT2D eigenvalue weighted by Crippen LogP contribution is 2.34. The van der Waals surface area contributed by atoms with Crippen LogP contribution < -0.4 is 0 Å². The van der Waals surface area contributed by atoms with Gasteiger partial charge in [-0.2, -0.15) is 18.3 Å². The highest BCUT2D eigenvalue weighted by molar-refractivity contribution is 5.84. The van der Waals surface area contributed by atoms with Gasteiger partial charge in [-0.1, -0.05) is 6.07 Å². The summed E-state index contributed by atoms with van der Waals surface area (Å²) in [6.45, 7) is 0. The number of aromatic nitrogens is 2. The third-order valence-electron chi connectivity index (χ3n) is 2.52. The molecule has 0 radical (unpaired) electrons. The summed E-state index contributed by atoms with van der Waals surface area (Å²) in [6, 6.07) is 4.08. The van der Waals surface area contributed by atoms with E-state index in [9.17, 15) is 18.0 Å². The second-order valence-corrected chi connectivity index (χ2v) is 3.89. The van der Waals surface area contributed by atoms with Crippen LogP contribution in [0.5, 0.6) is 0 Å². The molecule has 4 nitrogen and oxygen atoms in total. The van der Waals surface area contributed by atoms with E-state index in [2.05, 4.69) is 5.10 Å². The highest BCUT2D eigenvalue weighted by Gasteiger charge is 2.36. The smallest absolute Gasteiger partial charge is 0.433 e. The number of carboxylic acid groups (broad SMARTS) is 1. The fourth-order valence-electron chi connectivity index (χ4n) is 1.87. The van der Waals surface area contributed by atoms with Crippen LogP contribution in [0.15, 0.2) is 18.2 Å². The van der Waals surface area contributed by atoms with Crippen molar-refractivity contribution < 1.29 is 23.1 Å². The van der Waals surface area contributed by atoms with Gasteiger partial charge in [0.25, 0.3) is 0 Å². The van der Waals surface area contributed by atoms with Crippen molar-refractivity contribution in [2.24, 2.45) is 7.05 Å². The standard InChI is InChI=1S/C11H9F3N2O2/c1-16-10(11(12,13)14)7-4-6(5-9(17)18)2-3-8(7)15-16/h2-4H,5H2,1H3,(H,17,18). The number of aliphatic carboxylic acids is 1. The zero-order valence-electron chi connectivity index (χ0n) is 9.32. The number of carbonyl (C=O) groups is 1. The van der Waals surface area contributed by atoms with Gasteiger partial charge in [0.15, 0.2) is 0 Å². The molecule has 1 aromatic carbocycles. The number of aryl methyl sites for hydroxylation is 1. The molecule has 18 heavy (non-hydrogen) atoms. The number of halogens is 3. The van der Waals surface area contributed by atoms with E-state index in [1.54, 1.807) is 0 Å². The summed E-state index contributed by atoms with van der Waals surface area (Å²) < 4.78 is 39.2. The van der Waals surface area contributed by atoms with Crippen molar-refractivity contribution in [3.05, 3.63) is 29.5 Å². The van der Waals surface area contributed by atoms with E-state index < -0.39 is 17.8 Å². The predicted molar refractivity (Wildman–Crippen MR) is 57.1 cm³/mol. The number of hydrogen-bond donors (Lipinski definition) is 1. The summed E-state index contributed by atoms with van der Waals surface area (Å²) >= 11 is 0. The number of nitrogens with zero attached hydrogens (tertiary/aromatic N) is 2. The molecule has 2 rings (SSSR count). The van der Waals surface area contributed by atoms with Crippen LogP contribution in [-0.4, -0.2) is 20.9 Å². The Kier molecular flexibility index (Phi) is 2.76. The van der Waals surface area contributed by atoms with Crippen molar-refractivity contribution in [2.45, 2.75) is 12.6 Å². The summed E-state index contributed by atoms with van der Waals surface area (Å²) in [5.74, 6) is -1.09. The first-order valence-electron chi connectivity index (χ1n) is 5.03. The van der Waals surface area contributed by atoms with E-state index >= 15 is 0 Å². The fourth-order valence-corrected chi connectivity index (χ4v) is 1.87. The molecular weight excluding hydrogens is 249 g/mol. The van der Waals surface area contributed by atoms with Crippen LogP contribution in [-0.2, 0) is 24.4 Å². The van der Waals surface area contributed by atoms with E-state index in [0.29, 0.717) is 5.56 Å². The Bertz CT molecular complexity index is 617. The lowest BCUT2D eigenvalue weighted by Gasteiger charge is -2.07. The molecule has 2 aromatic rings. The van der Waals surface area contributed by atoms with Gasteiger partial charge < -0.3 is 5.11 Å². The van der Waals surface area contributed by atoms with Crippen LogP contribution in [0.1, 0.15) is 11.3 Å². The summed E-state index contributed by atoms with van der Waals surface area (Å²) in [5, 5.41) is 12.3. The largest absolute Gasteiger partial charge is 0.481 e. The Morgan fingerprint density at radius 2 is 2.11 bits per heavy atom. The summed E-state index contributed by atoms with van der Waals surface area (Å²) in [7, 11) is 1.21. The molecule has 1 aromatic heterocycles. The molecule has 1 N–H and O–H groups in total. The first-order valence-corrected chi connectivity index (χ1v) is 5.03. The molecule has 0 aliphatic rings. The van der Waals surface area contributed by atoms with Crippen molar-refractivity contribution in [3.8, 4) is 0 Å². The molecule has 0 spiro atoms. The molecule has 0 fully saturated rings. The maximum atomic E-state index is 12.8. The minimum atomic E-state index is -4.52. The molecule has 7 heteroatoms. The van der Waals surface area contributed by atoms with Crippen LogP contribution in [0.25, 0.3) is 10.9 Å². The maximum Gasteiger partial charge on any atom is 0.433 e. The average molecular weight is 258 g/mol. The van der Waals surface area contributed by atoms with Gasteiger partial charge in [0, 0.05) is 12.4 Å². The van der Waals surface area contributed by atoms with E-state index in [0.717, 1.165) is 4.68 Å². The van der Waals surface area contributed by atoms with Crippen molar-refractivity contribution >= 4 is 16.9 Å². The molecule has 0 amide bonds. The highest BCUT2D eigenvalue weighted by atomic mass is 19.4. The van der Waals surface area contributed by atoms with Gasteiger partial charge in [-0.25, -0.2) is 0 Å². The Hall–Kier alpha value is -2.05. The molecule has 0 saturated carbocycles. The van der Waals surface area contributed by atoms with Crippen LogP contribution in [0.2, 0.25) is 0 Å². The quantitative estimate of drug-likeness (QED) is 0.898. The van der Waals surface area contributed by atoms with Gasteiger partial charge in [0.05, 0.1) is 11.9 Å². The number of hydrogen-bond acceptors (Lipinski definition) is 2. The number of benzene rings is 1. The molecule has 0 bridgehead atoms. The Morgan fingerprint density at radius 1 is 1.44 bits per heavy atom. The number of fused-ring (bicyclic) bond motifs is 1.